The van der Waals surface area contributed by atoms with Crippen molar-refractivity contribution in [2.24, 2.45) is 10.1 Å². The minimum Gasteiger partial charge on any atom is -0.278 e. The third-order valence-corrected chi connectivity index (χ3v) is 1.83. The van der Waals surface area contributed by atoms with Crippen LogP contribution in [0.5, 0.6) is 0 Å². The summed E-state index contributed by atoms with van der Waals surface area (Å²) >= 11 is 0. The van der Waals surface area contributed by atoms with Crippen LogP contribution in [0.25, 0.3) is 0 Å². The Morgan fingerprint density at radius 2 is 2.57 bits per heavy atom. The quantitative estimate of drug-likeness (QED) is 0.407. The van der Waals surface area contributed by atoms with Gasteiger partial charge in [0.2, 0.25) is 0 Å². The number of rotatable bonds is 0. The van der Waals surface area contributed by atoms with Crippen LogP contribution < -0.4 is 5.14 Å². The smallest absolute Gasteiger partial charge is 0.0914 e. The number of nitrogens with zero attached hydrogens (tertiary/aromatic N) is 1. The summed E-state index contributed by atoms with van der Waals surface area (Å²) in [6.07, 6.45) is 0. The highest BCUT2D eigenvalue weighted by atomic mass is 32.2. The maximum Gasteiger partial charge on any atom is 0.0914 e. The van der Waals surface area contributed by atoms with E-state index in [0.29, 0.717) is 6.54 Å². The molecule has 1 unspecified atom stereocenters. The summed E-state index contributed by atoms with van der Waals surface area (Å²) in [5, 5.41) is 6.61. The van der Waals surface area contributed by atoms with Crippen molar-refractivity contribution in [1.29, 1.82) is 0 Å². The maximum atomic E-state index is 10.6. The Bertz CT molecular complexity index is 199. The molecule has 40 valence electrons. The summed E-state index contributed by atoms with van der Waals surface area (Å²) in [4.78, 5) is 3.66. The number of aliphatic imine (C=N–C) groups is 1. The van der Waals surface area contributed by atoms with Crippen molar-refractivity contribution < 1.29 is 4.21 Å². The molecule has 1 aliphatic heterocycles. The first kappa shape index (κ1) is 4.80. The molecule has 1 heterocycles. The molecule has 0 aromatic rings. The van der Waals surface area contributed by atoms with Gasteiger partial charge in [-0.25, -0.2) is 4.21 Å². The highest BCUT2D eigenvalue weighted by Gasteiger charge is 1.96. The van der Waals surface area contributed by atoms with E-state index in [2.05, 4.69) is 4.99 Å². The SMILES string of the molecule is NS1(=O)=CCN=C1. The molecule has 3 nitrogen and oxygen atoms in total. The van der Waals surface area contributed by atoms with E-state index >= 15 is 0 Å². The highest BCUT2D eigenvalue weighted by Crippen LogP contribution is 1.81. The van der Waals surface area contributed by atoms with Gasteiger partial charge in [0.15, 0.2) is 0 Å². The highest BCUT2D eigenvalue weighted by molar-refractivity contribution is 8.11. The van der Waals surface area contributed by atoms with Gasteiger partial charge in [-0.1, -0.05) is 0 Å². The van der Waals surface area contributed by atoms with Gasteiger partial charge in [0.1, 0.15) is 0 Å². The average Bonchev–Trinajstić information content (AvgIpc) is 1.84. The Morgan fingerprint density at radius 1 is 1.86 bits per heavy atom. The molecule has 4 heteroatoms. The van der Waals surface area contributed by atoms with Gasteiger partial charge in [-0.2, -0.15) is 0 Å². The van der Waals surface area contributed by atoms with Crippen molar-refractivity contribution in [2.45, 2.75) is 0 Å². The van der Waals surface area contributed by atoms with Gasteiger partial charge < -0.3 is 0 Å². The van der Waals surface area contributed by atoms with Gasteiger partial charge in [0.05, 0.1) is 21.8 Å². The second-order valence-corrected chi connectivity index (χ2v) is 3.27. The molecule has 0 radical (unpaired) electrons. The summed E-state index contributed by atoms with van der Waals surface area (Å²) in [7, 11) is -2.21. The van der Waals surface area contributed by atoms with Gasteiger partial charge in [-0.05, 0) is 0 Å². The van der Waals surface area contributed by atoms with Crippen LogP contribution >= 0.6 is 0 Å². The lowest BCUT2D eigenvalue weighted by Crippen LogP contribution is -2.12. The molecule has 0 saturated heterocycles. The van der Waals surface area contributed by atoms with Crippen molar-refractivity contribution in [1.82, 2.24) is 0 Å². The first-order valence-electron chi connectivity index (χ1n) is 1.86. The van der Waals surface area contributed by atoms with Gasteiger partial charge in [0.25, 0.3) is 0 Å². The van der Waals surface area contributed by atoms with Crippen LogP contribution in [0.1, 0.15) is 0 Å². The zero-order valence-corrected chi connectivity index (χ0v) is 4.52. The van der Waals surface area contributed by atoms with Gasteiger partial charge in [-0.3, -0.25) is 10.1 Å². The predicted octanol–water partition coefficient (Wildman–Crippen LogP) is -1.01. The third kappa shape index (κ3) is 1.01. The van der Waals surface area contributed by atoms with Crippen LogP contribution in [0.2, 0.25) is 0 Å². The maximum absolute atomic E-state index is 10.6. The molecule has 1 atom stereocenters. The van der Waals surface area contributed by atoms with Gasteiger partial charge >= 0.3 is 0 Å². The molecule has 0 bridgehead atoms. The summed E-state index contributed by atoms with van der Waals surface area (Å²) in [5.74, 6) is 0. The first-order valence-corrected chi connectivity index (χ1v) is 3.60. The molecule has 0 saturated carbocycles. The zero-order chi connectivity index (χ0) is 5.33. The lowest BCUT2D eigenvalue weighted by atomic mass is 10.8. The Kier molecular flexibility index (Phi) is 0.900. The number of hydrogen-bond donors (Lipinski definition) is 1. The summed E-state index contributed by atoms with van der Waals surface area (Å²) in [6, 6.07) is 0. The largest absolute Gasteiger partial charge is 0.278 e. The fourth-order valence-electron chi connectivity index (χ4n) is 0.362. The molecule has 0 fully saturated rings. The monoisotopic (exact) mass is 118 g/mol. The van der Waals surface area contributed by atoms with Crippen molar-refractivity contribution in [2.75, 3.05) is 6.54 Å². The zero-order valence-electron chi connectivity index (χ0n) is 3.70. The standard InChI is InChI=1S/C3H6N2OS/c4-7(6)2-1-5-3-7/h2-3H,1H2,(H2,4,6). The van der Waals surface area contributed by atoms with E-state index in [9.17, 15) is 4.21 Å². The molecule has 1 aliphatic rings. The minimum atomic E-state index is -2.21. The van der Waals surface area contributed by atoms with Crippen molar-refractivity contribution >= 4 is 20.6 Å². The van der Waals surface area contributed by atoms with E-state index in [-0.39, 0.29) is 0 Å². The molecular formula is C3H6N2OS. The molecule has 0 amide bonds. The van der Waals surface area contributed by atoms with Crippen LogP contribution in [0, 0.1) is 0 Å². The molecule has 7 heavy (non-hydrogen) atoms. The van der Waals surface area contributed by atoms with Crippen LogP contribution in [0.3, 0.4) is 0 Å². The lowest BCUT2D eigenvalue weighted by Gasteiger charge is -1.81. The predicted molar refractivity (Wildman–Crippen MR) is 31.8 cm³/mol. The summed E-state index contributed by atoms with van der Waals surface area (Å²) in [5.41, 5.74) is 1.30. The lowest BCUT2D eigenvalue weighted by molar-refractivity contribution is 0.689. The van der Waals surface area contributed by atoms with Crippen LogP contribution in [-0.4, -0.2) is 21.7 Å². The Labute approximate surface area is 42.4 Å². The molecule has 0 aromatic carbocycles. The van der Waals surface area contributed by atoms with Gasteiger partial charge in [-0.15, -0.1) is 0 Å². The molecule has 1 rings (SSSR count). The van der Waals surface area contributed by atoms with Crippen LogP contribution in [-0.2, 0) is 9.71 Å². The third-order valence-electron chi connectivity index (χ3n) is 0.680. The van der Waals surface area contributed by atoms with E-state index in [4.69, 9.17) is 5.14 Å². The van der Waals surface area contributed by atoms with Crippen molar-refractivity contribution in [3.05, 3.63) is 0 Å². The normalized spacial score (nSPS) is 38.4. The van der Waals surface area contributed by atoms with Crippen molar-refractivity contribution in [3.63, 3.8) is 0 Å². The first-order chi connectivity index (χ1) is 3.21. The number of nitrogens with two attached hydrogens (primary N) is 1. The van der Waals surface area contributed by atoms with E-state index in [1.54, 1.807) is 0 Å². The van der Waals surface area contributed by atoms with E-state index < -0.39 is 9.71 Å². The molecule has 2 N–H and O–H groups in total. The molecular weight excluding hydrogens is 112 g/mol. The average molecular weight is 118 g/mol. The Balaban J connectivity index is 3.13. The van der Waals surface area contributed by atoms with E-state index in [1.807, 2.05) is 0 Å². The topological polar surface area (TPSA) is 55.5 Å². The van der Waals surface area contributed by atoms with E-state index in [0.717, 1.165) is 0 Å². The summed E-state index contributed by atoms with van der Waals surface area (Å²) in [6.45, 7) is 0.509. The molecule has 0 aromatic heterocycles. The van der Waals surface area contributed by atoms with Crippen molar-refractivity contribution in [3.8, 4) is 0 Å². The van der Waals surface area contributed by atoms with Gasteiger partial charge in [0, 0.05) is 5.37 Å². The van der Waals surface area contributed by atoms with E-state index in [1.165, 1.54) is 10.9 Å². The molecule has 0 spiro atoms. The Hall–Kier alpha value is -0.350. The second kappa shape index (κ2) is 1.31. The van der Waals surface area contributed by atoms with Crippen LogP contribution in [0.15, 0.2) is 4.99 Å². The minimum absolute atomic E-state index is 0.509. The molecule has 0 aliphatic carbocycles. The second-order valence-electron chi connectivity index (χ2n) is 1.33. The van der Waals surface area contributed by atoms with Crippen LogP contribution in [0.4, 0.5) is 0 Å². The fraction of sp³-hybridized carbons (Fsp3) is 0.333. The Morgan fingerprint density at radius 3 is 2.71 bits per heavy atom. The fourth-order valence-corrected chi connectivity index (χ4v) is 1.09. The summed E-state index contributed by atoms with van der Waals surface area (Å²) < 4.78 is 10.6. The number of hydrogen-bond acceptors (Lipinski definition) is 2.